The van der Waals surface area contributed by atoms with Gasteiger partial charge in [-0.05, 0) is 30.2 Å². The zero-order valence-corrected chi connectivity index (χ0v) is 16.3. The first-order valence-corrected chi connectivity index (χ1v) is 11.0. The summed E-state index contributed by atoms with van der Waals surface area (Å²) in [5.41, 5.74) is 2.36. The lowest BCUT2D eigenvalue weighted by Gasteiger charge is -2.05. The van der Waals surface area contributed by atoms with Crippen molar-refractivity contribution in [2.45, 2.75) is 24.1 Å². The molecule has 0 amide bonds. The average molecular weight is 417 g/mol. The molecule has 3 aromatic rings. The summed E-state index contributed by atoms with van der Waals surface area (Å²) >= 11 is 8.34. The van der Waals surface area contributed by atoms with Crippen LogP contribution >= 0.6 is 34.3 Å². The Bertz CT molecular complexity index is 998. The fourth-order valence-electron chi connectivity index (χ4n) is 2.07. The number of aromatic nitrogens is 1. The van der Waals surface area contributed by atoms with Gasteiger partial charge in [0.1, 0.15) is 15.0 Å². The SMILES string of the molecule is CCc1csc(-c2csc(S(=O)(=O)NCc3ccc(F)c(Cl)c3)c2)n1. The molecule has 3 rings (SSSR count). The largest absolute Gasteiger partial charge is 0.250 e. The lowest BCUT2D eigenvalue weighted by molar-refractivity contribution is 0.583. The molecule has 1 aromatic carbocycles. The second-order valence-corrected chi connectivity index (χ2v) is 9.40. The van der Waals surface area contributed by atoms with Crippen LogP contribution in [0, 0.1) is 5.82 Å². The highest BCUT2D eigenvalue weighted by atomic mass is 35.5. The van der Waals surface area contributed by atoms with E-state index < -0.39 is 15.8 Å². The van der Waals surface area contributed by atoms with Gasteiger partial charge in [0.2, 0.25) is 10.0 Å². The van der Waals surface area contributed by atoms with Crippen LogP contribution in [0.1, 0.15) is 18.2 Å². The van der Waals surface area contributed by atoms with Gasteiger partial charge in [-0.2, -0.15) is 0 Å². The Morgan fingerprint density at radius 3 is 2.72 bits per heavy atom. The van der Waals surface area contributed by atoms with Crippen LogP contribution in [0.5, 0.6) is 0 Å². The van der Waals surface area contributed by atoms with Gasteiger partial charge in [-0.25, -0.2) is 22.5 Å². The second kappa shape index (κ2) is 7.51. The smallest absolute Gasteiger partial charge is 0.241 e. The van der Waals surface area contributed by atoms with Crippen LogP contribution in [0.4, 0.5) is 4.39 Å². The molecular weight excluding hydrogens is 403 g/mol. The van der Waals surface area contributed by atoms with E-state index in [9.17, 15) is 12.8 Å². The quantitative estimate of drug-likeness (QED) is 0.633. The molecule has 0 spiro atoms. The summed E-state index contributed by atoms with van der Waals surface area (Å²) < 4.78 is 40.7. The first-order chi connectivity index (χ1) is 11.9. The molecule has 9 heteroatoms. The molecule has 0 atom stereocenters. The lowest BCUT2D eigenvalue weighted by Crippen LogP contribution is -2.22. The van der Waals surface area contributed by atoms with Gasteiger partial charge in [0.05, 0.1) is 10.7 Å². The summed E-state index contributed by atoms with van der Waals surface area (Å²) in [6.45, 7) is 2.06. The molecule has 0 aliphatic heterocycles. The number of rotatable bonds is 6. The van der Waals surface area contributed by atoms with Crippen molar-refractivity contribution in [3.8, 4) is 10.6 Å². The first-order valence-electron chi connectivity index (χ1n) is 7.36. The Balaban J connectivity index is 1.75. The van der Waals surface area contributed by atoms with Gasteiger partial charge < -0.3 is 0 Å². The monoisotopic (exact) mass is 416 g/mol. The van der Waals surface area contributed by atoms with E-state index in [-0.39, 0.29) is 15.8 Å². The topological polar surface area (TPSA) is 59.1 Å². The summed E-state index contributed by atoms with van der Waals surface area (Å²) in [5, 5.41) is 4.52. The zero-order chi connectivity index (χ0) is 18.0. The number of aryl methyl sites for hydroxylation is 1. The molecule has 2 aromatic heterocycles. The highest BCUT2D eigenvalue weighted by molar-refractivity contribution is 7.91. The molecule has 0 radical (unpaired) electrons. The van der Waals surface area contributed by atoms with E-state index in [2.05, 4.69) is 9.71 Å². The molecule has 132 valence electrons. The van der Waals surface area contributed by atoms with Gasteiger partial charge in [-0.3, -0.25) is 0 Å². The molecule has 0 saturated heterocycles. The third kappa shape index (κ3) is 4.27. The molecule has 25 heavy (non-hydrogen) atoms. The van der Waals surface area contributed by atoms with Crippen LogP contribution in [0.2, 0.25) is 5.02 Å². The maximum Gasteiger partial charge on any atom is 0.250 e. The summed E-state index contributed by atoms with van der Waals surface area (Å²) in [6.07, 6.45) is 0.841. The van der Waals surface area contributed by atoms with Gasteiger partial charge in [0, 0.05) is 22.9 Å². The van der Waals surface area contributed by atoms with E-state index in [0.29, 0.717) is 5.56 Å². The van der Waals surface area contributed by atoms with Crippen LogP contribution in [-0.2, 0) is 23.0 Å². The minimum atomic E-state index is -3.66. The fraction of sp³-hybridized carbons (Fsp3) is 0.188. The number of benzene rings is 1. The molecule has 0 aliphatic carbocycles. The summed E-state index contributed by atoms with van der Waals surface area (Å²) in [6, 6.07) is 5.72. The Hall–Kier alpha value is -1.32. The first kappa shape index (κ1) is 18.5. The predicted octanol–water partition coefficient (Wildman–Crippen LogP) is 4.71. The van der Waals surface area contributed by atoms with Crippen molar-refractivity contribution < 1.29 is 12.8 Å². The maximum atomic E-state index is 13.2. The molecule has 0 fully saturated rings. The molecule has 4 nitrogen and oxygen atoms in total. The highest BCUT2D eigenvalue weighted by Gasteiger charge is 2.18. The number of hydrogen-bond acceptors (Lipinski definition) is 5. The van der Waals surface area contributed by atoms with Gasteiger partial charge in [0.15, 0.2) is 0 Å². The van der Waals surface area contributed by atoms with E-state index in [4.69, 9.17) is 11.6 Å². The van der Waals surface area contributed by atoms with E-state index in [1.165, 1.54) is 29.5 Å². The number of nitrogens with zero attached hydrogens (tertiary/aromatic N) is 1. The van der Waals surface area contributed by atoms with Crippen molar-refractivity contribution in [2.75, 3.05) is 0 Å². The van der Waals surface area contributed by atoms with Gasteiger partial charge in [0.25, 0.3) is 0 Å². The molecule has 0 aliphatic rings. The molecule has 1 N–H and O–H groups in total. The number of nitrogens with one attached hydrogen (secondary N) is 1. The Kier molecular flexibility index (Phi) is 5.55. The summed E-state index contributed by atoms with van der Waals surface area (Å²) in [5.74, 6) is -0.536. The Labute approximate surface area is 158 Å². The Morgan fingerprint density at radius 1 is 1.24 bits per heavy atom. The fourth-order valence-corrected chi connectivity index (χ4v) is 5.47. The van der Waals surface area contributed by atoms with E-state index in [0.717, 1.165) is 34.0 Å². The van der Waals surface area contributed by atoms with Crippen LogP contribution < -0.4 is 4.72 Å². The molecular formula is C16H14ClFN2O2S3. The minimum Gasteiger partial charge on any atom is -0.241 e. The van der Waals surface area contributed by atoms with Gasteiger partial charge in [-0.15, -0.1) is 22.7 Å². The van der Waals surface area contributed by atoms with Crippen LogP contribution in [-0.4, -0.2) is 13.4 Å². The lowest BCUT2D eigenvalue weighted by atomic mass is 10.2. The van der Waals surface area contributed by atoms with Crippen molar-refractivity contribution in [3.63, 3.8) is 0 Å². The molecule has 2 heterocycles. The average Bonchev–Trinajstić information content (AvgIpc) is 3.25. The third-order valence-corrected chi connectivity index (χ3v) is 7.52. The van der Waals surface area contributed by atoms with Crippen molar-refractivity contribution in [1.29, 1.82) is 0 Å². The van der Waals surface area contributed by atoms with Crippen LogP contribution in [0.25, 0.3) is 10.6 Å². The van der Waals surface area contributed by atoms with Gasteiger partial charge in [-0.1, -0.05) is 24.6 Å². The van der Waals surface area contributed by atoms with Crippen molar-refractivity contribution in [1.82, 2.24) is 9.71 Å². The van der Waals surface area contributed by atoms with E-state index >= 15 is 0 Å². The van der Waals surface area contributed by atoms with Crippen molar-refractivity contribution in [2.24, 2.45) is 0 Å². The molecule has 0 unspecified atom stereocenters. The standard InChI is InChI=1S/C16H14ClFN2O2S3/c1-2-12-9-24-16(20-12)11-6-15(23-8-11)25(21,22)19-7-10-3-4-14(18)13(17)5-10/h3-6,8-9,19H,2,7H2,1H3. The second-order valence-electron chi connectivity index (χ2n) is 5.22. The van der Waals surface area contributed by atoms with Gasteiger partial charge >= 0.3 is 0 Å². The third-order valence-electron chi connectivity index (χ3n) is 3.45. The van der Waals surface area contributed by atoms with Crippen LogP contribution in [0.3, 0.4) is 0 Å². The van der Waals surface area contributed by atoms with Crippen molar-refractivity contribution in [3.05, 3.63) is 57.1 Å². The summed E-state index contributed by atoms with van der Waals surface area (Å²) in [7, 11) is -3.66. The van der Waals surface area contributed by atoms with Crippen molar-refractivity contribution >= 4 is 44.3 Å². The molecule has 0 saturated carbocycles. The summed E-state index contributed by atoms with van der Waals surface area (Å²) in [4.78, 5) is 4.47. The minimum absolute atomic E-state index is 0.0345. The normalized spacial score (nSPS) is 11.8. The highest BCUT2D eigenvalue weighted by Crippen LogP contribution is 2.30. The molecule has 0 bridgehead atoms. The number of thiophene rings is 1. The number of halogens is 2. The Morgan fingerprint density at radius 2 is 2.04 bits per heavy atom. The van der Waals surface area contributed by atoms with Crippen LogP contribution in [0.15, 0.2) is 39.2 Å². The predicted molar refractivity (Wildman–Crippen MR) is 100 cm³/mol. The number of sulfonamides is 1. The number of hydrogen-bond donors (Lipinski definition) is 1. The number of thiazole rings is 1. The van der Waals surface area contributed by atoms with E-state index in [1.807, 2.05) is 12.3 Å². The maximum absolute atomic E-state index is 13.2. The zero-order valence-electron chi connectivity index (χ0n) is 13.1. The van der Waals surface area contributed by atoms with E-state index in [1.54, 1.807) is 11.4 Å².